The Morgan fingerprint density at radius 3 is 2.29 bits per heavy atom. The highest BCUT2D eigenvalue weighted by Crippen LogP contribution is 2.37. The standard InChI is InChI=1S/C26H32ClN3O4/c1-16-9-6-7-11-19(16)23(24(32)29-22-17(2)10-8-12-20(22)27)30(18-13-14-18)21(31)15-28-25(33)34-26(3,4)5/h6-12,18,23H,13-15H2,1-5H3,(H,28,33)(H,29,32). The topological polar surface area (TPSA) is 87.7 Å². The molecule has 0 spiro atoms. The summed E-state index contributed by atoms with van der Waals surface area (Å²) < 4.78 is 5.25. The fraction of sp³-hybridized carbons (Fsp3) is 0.423. The number of benzene rings is 2. The van der Waals surface area contributed by atoms with Crippen LogP contribution in [-0.2, 0) is 14.3 Å². The van der Waals surface area contributed by atoms with Crippen LogP contribution in [0.3, 0.4) is 0 Å². The molecule has 3 amide bonds. The second kappa shape index (κ2) is 10.5. The molecule has 1 saturated carbocycles. The van der Waals surface area contributed by atoms with Crippen molar-refractivity contribution in [1.82, 2.24) is 10.2 Å². The van der Waals surface area contributed by atoms with E-state index >= 15 is 0 Å². The molecule has 2 N–H and O–H groups in total. The molecule has 2 aromatic rings. The number of halogens is 1. The normalized spacial score (nSPS) is 14.2. The van der Waals surface area contributed by atoms with Crippen LogP contribution < -0.4 is 10.6 Å². The maximum atomic E-state index is 13.7. The van der Waals surface area contributed by atoms with Gasteiger partial charge >= 0.3 is 6.09 Å². The van der Waals surface area contributed by atoms with Gasteiger partial charge in [-0.15, -0.1) is 0 Å². The van der Waals surface area contributed by atoms with Gasteiger partial charge in [-0.25, -0.2) is 4.79 Å². The smallest absolute Gasteiger partial charge is 0.408 e. The summed E-state index contributed by atoms with van der Waals surface area (Å²) in [6, 6.07) is 11.9. The molecule has 8 heteroatoms. The number of alkyl carbamates (subject to hydrolysis) is 1. The lowest BCUT2D eigenvalue weighted by Gasteiger charge is -2.33. The van der Waals surface area contributed by atoms with Crippen LogP contribution in [0.2, 0.25) is 5.02 Å². The minimum absolute atomic E-state index is 0.0874. The molecule has 2 aromatic carbocycles. The number of carbonyl (C=O) groups excluding carboxylic acids is 3. The molecule has 0 aromatic heterocycles. The Morgan fingerprint density at radius 1 is 1.06 bits per heavy atom. The van der Waals surface area contributed by atoms with Gasteiger partial charge in [0, 0.05) is 6.04 Å². The molecule has 1 fully saturated rings. The van der Waals surface area contributed by atoms with Crippen molar-refractivity contribution in [2.24, 2.45) is 0 Å². The monoisotopic (exact) mass is 485 g/mol. The van der Waals surface area contributed by atoms with Crippen molar-refractivity contribution in [2.45, 2.75) is 65.1 Å². The van der Waals surface area contributed by atoms with Crippen LogP contribution >= 0.6 is 11.6 Å². The summed E-state index contributed by atoms with van der Waals surface area (Å²) in [5, 5.41) is 5.89. The molecule has 34 heavy (non-hydrogen) atoms. The van der Waals surface area contributed by atoms with E-state index in [1.165, 1.54) is 0 Å². The van der Waals surface area contributed by atoms with Gasteiger partial charge in [-0.2, -0.15) is 0 Å². The van der Waals surface area contributed by atoms with Crippen LogP contribution in [0.15, 0.2) is 42.5 Å². The number of anilines is 1. The predicted molar refractivity (Wildman–Crippen MR) is 133 cm³/mol. The number of carbonyl (C=O) groups is 3. The molecule has 0 saturated heterocycles. The minimum atomic E-state index is -0.877. The third kappa shape index (κ3) is 6.50. The number of para-hydroxylation sites is 1. The summed E-state index contributed by atoms with van der Waals surface area (Å²) in [7, 11) is 0. The Labute approximate surface area is 205 Å². The molecule has 0 bridgehead atoms. The maximum absolute atomic E-state index is 13.7. The summed E-state index contributed by atoms with van der Waals surface area (Å²) in [4.78, 5) is 40.8. The molecular formula is C26H32ClN3O4. The Bertz CT molecular complexity index is 1060. The largest absolute Gasteiger partial charge is 0.444 e. The van der Waals surface area contributed by atoms with E-state index in [-0.39, 0.29) is 24.4 Å². The first-order valence-corrected chi connectivity index (χ1v) is 11.7. The van der Waals surface area contributed by atoms with E-state index in [2.05, 4.69) is 10.6 Å². The van der Waals surface area contributed by atoms with Gasteiger partial charge in [-0.3, -0.25) is 9.59 Å². The molecule has 7 nitrogen and oxygen atoms in total. The highest BCUT2D eigenvalue weighted by molar-refractivity contribution is 6.34. The molecule has 1 atom stereocenters. The molecule has 3 rings (SSSR count). The summed E-state index contributed by atoms with van der Waals surface area (Å²) in [5.41, 5.74) is 2.27. The first-order valence-electron chi connectivity index (χ1n) is 11.4. The molecule has 1 aliphatic rings. The summed E-state index contributed by atoms with van der Waals surface area (Å²) in [6.07, 6.45) is 0.901. The second-order valence-corrected chi connectivity index (χ2v) is 9.97. The van der Waals surface area contributed by atoms with E-state index in [0.717, 1.165) is 29.5 Å². The van der Waals surface area contributed by atoms with Gasteiger partial charge in [0.05, 0.1) is 10.7 Å². The molecule has 182 valence electrons. The van der Waals surface area contributed by atoms with Crippen LogP contribution in [0, 0.1) is 13.8 Å². The Hall–Kier alpha value is -3.06. The number of nitrogens with one attached hydrogen (secondary N) is 2. The number of rotatable bonds is 7. The molecule has 0 heterocycles. The lowest BCUT2D eigenvalue weighted by Crippen LogP contribution is -2.47. The average molecular weight is 486 g/mol. The number of amides is 3. The van der Waals surface area contributed by atoms with Crippen molar-refractivity contribution >= 4 is 35.2 Å². The van der Waals surface area contributed by atoms with Crippen molar-refractivity contribution in [2.75, 3.05) is 11.9 Å². The zero-order valence-electron chi connectivity index (χ0n) is 20.3. The highest BCUT2D eigenvalue weighted by atomic mass is 35.5. The van der Waals surface area contributed by atoms with Crippen LogP contribution in [0.4, 0.5) is 10.5 Å². The quantitative estimate of drug-likeness (QED) is 0.567. The summed E-state index contributed by atoms with van der Waals surface area (Å²) in [6.45, 7) is 8.75. The van der Waals surface area contributed by atoms with Gasteiger partial charge in [0.1, 0.15) is 18.2 Å². The van der Waals surface area contributed by atoms with E-state index in [1.807, 2.05) is 50.2 Å². The van der Waals surface area contributed by atoms with Gasteiger partial charge < -0.3 is 20.3 Å². The van der Waals surface area contributed by atoms with Gasteiger partial charge in [0.15, 0.2) is 0 Å². The zero-order valence-corrected chi connectivity index (χ0v) is 21.0. The van der Waals surface area contributed by atoms with Gasteiger partial charge in [0.2, 0.25) is 5.91 Å². The molecule has 1 unspecified atom stereocenters. The molecule has 1 aliphatic carbocycles. The average Bonchev–Trinajstić information content (AvgIpc) is 3.57. The number of hydrogen-bond donors (Lipinski definition) is 2. The summed E-state index contributed by atoms with van der Waals surface area (Å²) >= 11 is 6.35. The van der Waals surface area contributed by atoms with Crippen LogP contribution in [0.5, 0.6) is 0 Å². The van der Waals surface area contributed by atoms with E-state index < -0.39 is 17.7 Å². The van der Waals surface area contributed by atoms with E-state index in [1.54, 1.807) is 31.7 Å². The second-order valence-electron chi connectivity index (χ2n) is 9.57. The number of hydrogen-bond acceptors (Lipinski definition) is 4. The van der Waals surface area contributed by atoms with Crippen molar-refractivity contribution < 1.29 is 19.1 Å². The van der Waals surface area contributed by atoms with E-state index in [4.69, 9.17) is 16.3 Å². The van der Waals surface area contributed by atoms with Crippen molar-refractivity contribution in [1.29, 1.82) is 0 Å². The third-order valence-electron chi connectivity index (χ3n) is 5.49. The number of nitrogens with zero attached hydrogens (tertiary/aromatic N) is 1. The number of aryl methyl sites for hydroxylation is 2. The fourth-order valence-corrected chi connectivity index (χ4v) is 4.03. The zero-order chi connectivity index (χ0) is 25.0. The van der Waals surface area contributed by atoms with Gasteiger partial charge in [-0.05, 0) is 70.2 Å². The van der Waals surface area contributed by atoms with Gasteiger partial charge in [0.25, 0.3) is 5.91 Å². The SMILES string of the molecule is Cc1ccccc1C(C(=O)Nc1c(C)cccc1Cl)N(C(=O)CNC(=O)OC(C)(C)C)C1CC1. The first kappa shape index (κ1) is 25.6. The van der Waals surface area contributed by atoms with Crippen molar-refractivity contribution in [3.63, 3.8) is 0 Å². The Morgan fingerprint density at radius 2 is 1.71 bits per heavy atom. The van der Waals surface area contributed by atoms with Crippen molar-refractivity contribution in [3.05, 3.63) is 64.2 Å². The fourth-order valence-electron chi connectivity index (χ4n) is 3.76. The van der Waals surface area contributed by atoms with Crippen LogP contribution in [0.25, 0.3) is 0 Å². The number of ether oxygens (including phenoxy) is 1. The minimum Gasteiger partial charge on any atom is -0.444 e. The van der Waals surface area contributed by atoms with Crippen molar-refractivity contribution in [3.8, 4) is 0 Å². The van der Waals surface area contributed by atoms with E-state index in [9.17, 15) is 14.4 Å². The van der Waals surface area contributed by atoms with Crippen LogP contribution in [-0.4, -0.2) is 41.0 Å². The maximum Gasteiger partial charge on any atom is 0.408 e. The Kier molecular flexibility index (Phi) is 7.87. The predicted octanol–water partition coefficient (Wildman–Crippen LogP) is 5.15. The highest BCUT2D eigenvalue weighted by Gasteiger charge is 2.42. The first-order chi connectivity index (χ1) is 16.0. The third-order valence-corrected chi connectivity index (χ3v) is 5.81. The lowest BCUT2D eigenvalue weighted by molar-refractivity contribution is -0.139. The molecule has 0 aliphatic heterocycles. The molecule has 0 radical (unpaired) electrons. The summed E-state index contributed by atoms with van der Waals surface area (Å²) in [5.74, 6) is -0.712. The van der Waals surface area contributed by atoms with Gasteiger partial charge in [-0.1, -0.05) is 48.0 Å². The lowest BCUT2D eigenvalue weighted by atomic mass is 9.98. The molecular weight excluding hydrogens is 454 g/mol. The van der Waals surface area contributed by atoms with E-state index in [0.29, 0.717) is 10.7 Å². The Balaban J connectivity index is 1.90. The van der Waals surface area contributed by atoms with Crippen LogP contribution in [0.1, 0.15) is 56.3 Å².